The Bertz CT molecular complexity index is 612. The number of nitrogens with two attached hydrogens (primary N) is 1. The van der Waals surface area contributed by atoms with Crippen molar-refractivity contribution in [2.24, 2.45) is 28.1 Å². The summed E-state index contributed by atoms with van der Waals surface area (Å²) in [5.41, 5.74) is 4.75. The summed E-state index contributed by atoms with van der Waals surface area (Å²) in [6, 6.07) is 0. The fourth-order valence-electron chi connectivity index (χ4n) is 4.36. The average Bonchev–Trinajstić information content (AvgIpc) is 2.93. The molecule has 0 bridgehead atoms. The zero-order valence-electron chi connectivity index (χ0n) is 18.3. The summed E-state index contributed by atoms with van der Waals surface area (Å²) >= 11 is 0. The van der Waals surface area contributed by atoms with Gasteiger partial charge in [0.25, 0.3) is 0 Å². The number of oxime groups is 1. The minimum Gasteiger partial charge on any atom is -0.473 e. The van der Waals surface area contributed by atoms with E-state index in [1.54, 1.807) is 0 Å². The highest BCUT2D eigenvalue weighted by atomic mass is 16.6. The van der Waals surface area contributed by atoms with Gasteiger partial charge in [0.2, 0.25) is 0 Å². The van der Waals surface area contributed by atoms with Gasteiger partial charge < -0.3 is 30.8 Å². The summed E-state index contributed by atoms with van der Waals surface area (Å²) in [7, 11) is 4.19. The number of carboxylic acids is 2. The molecule has 9 nitrogen and oxygen atoms in total. The highest BCUT2D eigenvalue weighted by Crippen LogP contribution is 2.58. The lowest BCUT2D eigenvalue weighted by molar-refractivity contribution is -0.159. The number of nitrogens with zero attached hydrogens (tertiary/aromatic N) is 2. The van der Waals surface area contributed by atoms with E-state index >= 15 is 0 Å². The Kier molecular flexibility index (Phi) is 10.4. The summed E-state index contributed by atoms with van der Waals surface area (Å²) in [6.45, 7) is 4.23. The van der Waals surface area contributed by atoms with E-state index in [4.69, 9.17) is 30.4 Å². The highest BCUT2D eigenvalue weighted by molar-refractivity contribution is 6.27. The van der Waals surface area contributed by atoms with E-state index in [-0.39, 0.29) is 5.41 Å². The predicted molar refractivity (Wildman–Crippen MR) is 114 cm³/mol. The third-order valence-electron chi connectivity index (χ3n) is 6.24. The van der Waals surface area contributed by atoms with Crippen LogP contribution >= 0.6 is 0 Å². The fourth-order valence-corrected chi connectivity index (χ4v) is 4.36. The molecule has 0 aliphatic heterocycles. The monoisotopic (exact) mass is 427 g/mol. The minimum atomic E-state index is -1.82. The van der Waals surface area contributed by atoms with Crippen molar-refractivity contribution in [3.63, 3.8) is 0 Å². The average molecular weight is 428 g/mol. The molecule has 0 saturated heterocycles. The summed E-state index contributed by atoms with van der Waals surface area (Å²) in [4.78, 5) is 25.6. The summed E-state index contributed by atoms with van der Waals surface area (Å²) in [6.07, 6.45) is 12.5. The molecule has 0 aromatic rings. The maximum absolute atomic E-state index is 11.3. The Labute approximate surface area is 178 Å². The van der Waals surface area contributed by atoms with Crippen LogP contribution in [0.5, 0.6) is 0 Å². The van der Waals surface area contributed by atoms with Crippen molar-refractivity contribution in [2.45, 2.75) is 51.0 Å². The van der Waals surface area contributed by atoms with Gasteiger partial charge in [-0.25, -0.2) is 9.59 Å². The second-order valence-electron chi connectivity index (χ2n) is 8.60. The second-order valence-corrected chi connectivity index (χ2v) is 8.60. The number of carboxylic acid groups (broad SMARTS) is 2. The van der Waals surface area contributed by atoms with Crippen molar-refractivity contribution in [3.05, 3.63) is 12.2 Å². The third kappa shape index (κ3) is 7.37. The molecule has 0 unspecified atom stereocenters. The van der Waals surface area contributed by atoms with Gasteiger partial charge in [-0.05, 0) is 58.5 Å². The second kappa shape index (κ2) is 12.0. The first-order chi connectivity index (χ1) is 14.1. The molecule has 5 N–H and O–H groups in total. The molecule has 2 aliphatic carbocycles. The largest absolute Gasteiger partial charge is 0.473 e. The molecule has 0 aromatic heterocycles. The van der Waals surface area contributed by atoms with Gasteiger partial charge in [0.15, 0.2) is 0 Å². The number of fused-ring (bicyclic) bond motifs is 1. The maximum Gasteiger partial charge on any atom is 0.414 e. The maximum atomic E-state index is 11.3. The number of rotatable bonds is 8. The van der Waals surface area contributed by atoms with Crippen LogP contribution in [-0.4, -0.2) is 77.8 Å². The van der Waals surface area contributed by atoms with Crippen LogP contribution in [0.3, 0.4) is 0 Å². The first-order valence-electron chi connectivity index (χ1n) is 10.4. The Hall–Kier alpha value is -1.97. The first kappa shape index (κ1) is 26.1. The first-order valence-corrected chi connectivity index (χ1v) is 10.4. The van der Waals surface area contributed by atoms with Crippen LogP contribution in [0.15, 0.2) is 17.3 Å². The molecule has 172 valence electrons. The molecule has 0 spiro atoms. The predicted octanol–water partition coefficient (Wildman–Crippen LogP) is 1.56. The van der Waals surface area contributed by atoms with Gasteiger partial charge in [0.05, 0.1) is 5.60 Å². The van der Waals surface area contributed by atoms with Crippen LogP contribution in [0.4, 0.5) is 0 Å². The number of carbonyl (C=O) groups is 2. The number of hydrogen-bond acceptors (Lipinski definition) is 7. The van der Waals surface area contributed by atoms with E-state index in [1.165, 1.54) is 0 Å². The van der Waals surface area contributed by atoms with E-state index < -0.39 is 17.5 Å². The van der Waals surface area contributed by atoms with Gasteiger partial charge in [0.1, 0.15) is 6.61 Å². The Morgan fingerprint density at radius 1 is 1.23 bits per heavy atom. The van der Waals surface area contributed by atoms with Gasteiger partial charge >= 0.3 is 11.9 Å². The topological polar surface area (TPSA) is 146 Å². The quantitative estimate of drug-likeness (QED) is 0.150. The van der Waals surface area contributed by atoms with E-state index in [0.717, 1.165) is 45.1 Å². The normalized spacial score (nSPS) is 30.9. The van der Waals surface area contributed by atoms with Crippen LogP contribution in [-0.2, 0) is 14.4 Å². The molecule has 0 heterocycles. The van der Waals surface area contributed by atoms with Crippen molar-refractivity contribution in [1.82, 2.24) is 4.90 Å². The van der Waals surface area contributed by atoms with E-state index in [9.17, 15) is 5.11 Å². The number of aliphatic carboxylic acids is 2. The number of hydrogen-bond donors (Lipinski definition) is 4. The lowest BCUT2D eigenvalue weighted by Crippen LogP contribution is -2.49. The lowest BCUT2D eigenvalue weighted by Gasteiger charge is -2.48. The molecule has 9 heteroatoms. The molecule has 2 rings (SSSR count). The standard InChI is InChI=1S/C19H35N3O2.C2H2O4/c1-18-9-7-16(6-4-5-12-22(2)3)14-19(18,23)10-8-17(18)15-21-24-13-11-20;3-1(4)2(5)6/h4,6,15-17,23H,5,7-14,20H2,1-3H3;(H,3,4)(H,5,6)/t16-,17+,18+,19-;/m0./s1. The SMILES string of the molecule is CN(C)CCC=C[C@H]1CC[C@]2(C)[C@@H](C=NOCCN)CC[C@]2(O)C1.O=C(O)C(=O)O. The number of aliphatic hydroxyl groups is 1. The van der Waals surface area contributed by atoms with Gasteiger partial charge in [-0.15, -0.1) is 0 Å². The zero-order valence-corrected chi connectivity index (χ0v) is 18.3. The molecular weight excluding hydrogens is 390 g/mol. The molecule has 0 radical (unpaired) electrons. The van der Waals surface area contributed by atoms with Crippen LogP contribution in [0, 0.1) is 17.3 Å². The molecule has 2 aliphatic rings. The van der Waals surface area contributed by atoms with Gasteiger partial charge in [-0.3, -0.25) is 0 Å². The van der Waals surface area contributed by atoms with Gasteiger partial charge in [-0.2, -0.15) is 0 Å². The van der Waals surface area contributed by atoms with Crippen molar-refractivity contribution < 1.29 is 29.7 Å². The van der Waals surface area contributed by atoms with E-state index in [1.807, 2.05) is 6.21 Å². The molecule has 0 amide bonds. The molecule has 2 saturated carbocycles. The Morgan fingerprint density at radius 2 is 1.90 bits per heavy atom. The molecular formula is C21H37N3O6. The summed E-state index contributed by atoms with van der Waals surface area (Å²) in [5, 5.41) is 30.1. The van der Waals surface area contributed by atoms with Crippen LogP contribution < -0.4 is 5.73 Å². The lowest BCUT2D eigenvalue weighted by atomic mass is 9.60. The Balaban J connectivity index is 0.000000656. The van der Waals surface area contributed by atoms with Crippen LogP contribution in [0.2, 0.25) is 0 Å². The summed E-state index contributed by atoms with van der Waals surface area (Å²) < 4.78 is 0. The molecule has 4 atom stereocenters. The van der Waals surface area contributed by atoms with Crippen molar-refractivity contribution in [1.29, 1.82) is 0 Å². The molecule has 30 heavy (non-hydrogen) atoms. The number of allylic oxidation sites excluding steroid dienone is 1. The Morgan fingerprint density at radius 3 is 2.47 bits per heavy atom. The summed E-state index contributed by atoms with van der Waals surface area (Å²) in [5.74, 6) is -2.86. The molecule has 2 fully saturated rings. The van der Waals surface area contributed by atoms with Crippen molar-refractivity contribution in [3.8, 4) is 0 Å². The van der Waals surface area contributed by atoms with Crippen molar-refractivity contribution in [2.75, 3.05) is 33.8 Å². The van der Waals surface area contributed by atoms with E-state index in [2.05, 4.69) is 43.2 Å². The highest BCUT2D eigenvalue weighted by Gasteiger charge is 2.58. The third-order valence-corrected chi connectivity index (χ3v) is 6.24. The van der Waals surface area contributed by atoms with Crippen molar-refractivity contribution >= 4 is 18.2 Å². The van der Waals surface area contributed by atoms with Gasteiger partial charge in [-0.1, -0.05) is 24.2 Å². The fraction of sp³-hybridized carbons (Fsp3) is 0.762. The zero-order chi connectivity index (χ0) is 22.8. The molecule has 0 aromatic carbocycles. The minimum absolute atomic E-state index is 0.0868. The van der Waals surface area contributed by atoms with E-state index in [0.29, 0.717) is 25.0 Å². The van der Waals surface area contributed by atoms with Crippen LogP contribution in [0.25, 0.3) is 0 Å². The van der Waals surface area contributed by atoms with Gasteiger partial charge in [0, 0.05) is 30.6 Å². The smallest absolute Gasteiger partial charge is 0.414 e. The van der Waals surface area contributed by atoms with Crippen LogP contribution in [0.1, 0.15) is 45.4 Å².